The number of halogens is 1. The number of aromatic amines is 1. The average molecular weight is 408 g/mol. The second-order valence-corrected chi connectivity index (χ2v) is 7.31. The van der Waals surface area contributed by atoms with Crippen LogP contribution in [0.1, 0.15) is 16.1 Å². The van der Waals surface area contributed by atoms with Crippen molar-refractivity contribution in [3.05, 3.63) is 70.7 Å². The van der Waals surface area contributed by atoms with Crippen LogP contribution in [0, 0.1) is 5.82 Å². The number of nitrogens with zero attached hydrogens (tertiary/aromatic N) is 1. The van der Waals surface area contributed by atoms with Gasteiger partial charge in [-0.2, -0.15) is 0 Å². The number of aromatic nitrogens is 2. The molecule has 0 saturated heterocycles. The van der Waals surface area contributed by atoms with Crippen LogP contribution < -0.4 is 10.6 Å². The topological polar surface area (TPSA) is 86.9 Å². The van der Waals surface area contributed by atoms with E-state index in [1.807, 2.05) is 5.38 Å². The molecule has 4 rings (SSSR count). The quantitative estimate of drug-likeness (QED) is 0.447. The molecule has 0 atom stereocenters. The Balaban J connectivity index is 1.38. The fraction of sp³-hybridized carbons (Fsp3) is 0.0952. The largest absolute Gasteiger partial charge is 0.351 e. The van der Waals surface area contributed by atoms with Gasteiger partial charge in [-0.15, -0.1) is 11.3 Å². The number of nitrogens with one attached hydrogen (secondary N) is 3. The highest BCUT2D eigenvalue weighted by molar-refractivity contribution is 7.12. The van der Waals surface area contributed by atoms with E-state index in [4.69, 9.17) is 0 Å². The number of benzene rings is 2. The third-order valence-corrected chi connectivity index (χ3v) is 5.11. The maximum Gasteiger partial charge on any atom is 0.261 e. The first-order valence-corrected chi connectivity index (χ1v) is 9.84. The molecule has 0 bridgehead atoms. The maximum atomic E-state index is 13.4. The molecule has 146 valence electrons. The lowest BCUT2D eigenvalue weighted by molar-refractivity contribution is -0.116. The molecule has 2 aromatic heterocycles. The number of hydrogen-bond acceptors (Lipinski definition) is 4. The molecule has 0 radical (unpaired) electrons. The van der Waals surface area contributed by atoms with Gasteiger partial charge in [0.25, 0.3) is 5.91 Å². The van der Waals surface area contributed by atoms with E-state index in [2.05, 4.69) is 20.6 Å². The maximum absolute atomic E-state index is 13.4. The third-order valence-electron chi connectivity index (χ3n) is 4.25. The van der Waals surface area contributed by atoms with Gasteiger partial charge in [0.05, 0.1) is 15.9 Å². The predicted molar refractivity (Wildman–Crippen MR) is 111 cm³/mol. The van der Waals surface area contributed by atoms with Crippen molar-refractivity contribution in [2.45, 2.75) is 6.42 Å². The highest BCUT2D eigenvalue weighted by Gasteiger charge is 2.10. The van der Waals surface area contributed by atoms with Crippen molar-refractivity contribution in [1.82, 2.24) is 15.3 Å². The van der Waals surface area contributed by atoms with Crippen molar-refractivity contribution >= 4 is 39.9 Å². The molecule has 8 heteroatoms. The van der Waals surface area contributed by atoms with Crippen LogP contribution in [-0.4, -0.2) is 28.3 Å². The Morgan fingerprint density at radius 2 is 2.00 bits per heavy atom. The molecule has 29 heavy (non-hydrogen) atoms. The van der Waals surface area contributed by atoms with E-state index in [1.165, 1.54) is 23.5 Å². The number of H-pyrrole nitrogens is 1. The molecule has 0 aliphatic rings. The SMILES string of the molecule is O=C(CCNC(=O)c1cccs1)Nc1ccc2nc(-c3cccc(F)c3)[nH]c2c1. The fourth-order valence-corrected chi connectivity index (χ4v) is 3.51. The summed E-state index contributed by atoms with van der Waals surface area (Å²) in [6, 6.07) is 15.0. The van der Waals surface area contributed by atoms with Gasteiger partial charge in [0.1, 0.15) is 11.6 Å². The summed E-state index contributed by atoms with van der Waals surface area (Å²) in [5.74, 6) is -0.168. The number of thiophene rings is 1. The van der Waals surface area contributed by atoms with Crippen LogP contribution in [0.15, 0.2) is 60.0 Å². The summed E-state index contributed by atoms with van der Waals surface area (Å²) < 4.78 is 13.4. The normalized spacial score (nSPS) is 10.8. The van der Waals surface area contributed by atoms with E-state index in [-0.39, 0.29) is 30.6 Å². The molecule has 0 spiro atoms. The molecule has 0 aliphatic heterocycles. The van der Waals surface area contributed by atoms with Crippen molar-refractivity contribution in [2.24, 2.45) is 0 Å². The number of hydrogen-bond donors (Lipinski definition) is 3. The number of rotatable bonds is 6. The summed E-state index contributed by atoms with van der Waals surface area (Å²) in [7, 11) is 0. The highest BCUT2D eigenvalue weighted by atomic mass is 32.1. The van der Waals surface area contributed by atoms with E-state index in [0.29, 0.717) is 27.5 Å². The Labute approximate surface area is 169 Å². The van der Waals surface area contributed by atoms with Crippen LogP contribution in [0.4, 0.5) is 10.1 Å². The van der Waals surface area contributed by atoms with Crippen LogP contribution in [-0.2, 0) is 4.79 Å². The van der Waals surface area contributed by atoms with Gasteiger partial charge < -0.3 is 15.6 Å². The summed E-state index contributed by atoms with van der Waals surface area (Å²) in [4.78, 5) is 32.2. The Morgan fingerprint density at radius 1 is 1.10 bits per heavy atom. The van der Waals surface area contributed by atoms with E-state index in [9.17, 15) is 14.0 Å². The molecule has 0 aliphatic carbocycles. The summed E-state index contributed by atoms with van der Waals surface area (Å²) in [5.41, 5.74) is 2.70. The number of carbonyl (C=O) groups excluding carboxylic acids is 2. The number of amides is 2. The van der Waals surface area contributed by atoms with Crippen LogP contribution in [0.2, 0.25) is 0 Å². The minimum Gasteiger partial charge on any atom is -0.351 e. The van der Waals surface area contributed by atoms with Crippen molar-refractivity contribution < 1.29 is 14.0 Å². The van der Waals surface area contributed by atoms with Crippen molar-refractivity contribution in [2.75, 3.05) is 11.9 Å². The van der Waals surface area contributed by atoms with Crippen LogP contribution >= 0.6 is 11.3 Å². The monoisotopic (exact) mass is 408 g/mol. The second kappa shape index (κ2) is 8.24. The Hall–Kier alpha value is -3.52. The third kappa shape index (κ3) is 4.49. The number of fused-ring (bicyclic) bond motifs is 1. The van der Waals surface area contributed by atoms with Gasteiger partial charge in [0, 0.05) is 24.2 Å². The van der Waals surface area contributed by atoms with Crippen LogP contribution in [0.5, 0.6) is 0 Å². The first kappa shape index (κ1) is 18.8. The zero-order valence-corrected chi connectivity index (χ0v) is 16.1. The molecular formula is C21H17FN4O2S. The molecule has 2 amide bonds. The number of imidazole rings is 1. The van der Waals surface area contributed by atoms with Gasteiger partial charge in [-0.05, 0) is 41.8 Å². The smallest absolute Gasteiger partial charge is 0.261 e. The Bertz CT molecular complexity index is 1170. The average Bonchev–Trinajstić information content (AvgIpc) is 3.37. The first-order valence-electron chi connectivity index (χ1n) is 8.96. The van der Waals surface area contributed by atoms with E-state index < -0.39 is 0 Å². The lowest BCUT2D eigenvalue weighted by atomic mass is 10.2. The first-order chi connectivity index (χ1) is 14.1. The summed E-state index contributed by atoms with van der Waals surface area (Å²) in [6.45, 7) is 0.249. The fourth-order valence-electron chi connectivity index (χ4n) is 2.87. The number of carbonyl (C=O) groups is 2. The molecule has 0 unspecified atom stereocenters. The molecule has 0 saturated carbocycles. The van der Waals surface area contributed by atoms with Crippen molar-refractivity contribution in [3.63, 3.8) is 0 Å². The molecule has 3 N–H and O–H groups in total. The van der Waals surface area contributed by atoms with E-state index in [0.717, 1.165) is 5.52 Å². The van der Waals surface area contributed by atoms with Gasteiger partial charge in [-0.3, -0.25) is 9.59 Å². The van der Waals surface area contributed by atoms with Gasteiger partial charge in [-0.1, -0.05) is 18.2 Å². The van der Waals surface area contributed by atoms with E-state index in [1.54, 1.807) is 42.5 Å². The summed E-state index contributed by atoms with van der Waals surface area (Å²) in [5, 5.41) is 7.35. The second-order valence-electron chi connectivity index (χ2n) is 6.36. The van der Waals surface area contributed by atoms with Gasteiger partial charge in [0.15, 0.2) is 0 Å². The molecule has 4 aromatic rings. The highest BCUT2D eigenvalue weighted by Crippen LogP contribution is 2.23. The van der Waals surface area contributed by atoms with Crippen molar-refractivity contribution in [1.29, 1.82) is 0 Å². The van der Waals surface area contributed by atoms with Crippen LogP contribution in [0.3, 0.4) is 0 Å². The number of anilines is 1. The summed E-state index contributed by atoms with van der Waals surface area (Å²) >= 11 is 1.35. The molecular weight excluding hydrogens is 391 g/mol. The lowest BCUT2D eigenvalue weighted by Gasteiger charge is -2.06. The van der Waals surface area contributed by atoms with Gasteiger partial charge >= 0.3 is 0 Å². The Morgan fingerprint density at radius 3 is 2.79 bits per heavy atom. The lowest BCUT2D eigenvalue weighted by Crippen LogP contribution is -2.27. The zero-order valence-electron chi connectivity index (χ0n) is 15.2. The van der Waals surface area contributed by atoms with Crippen molar-refractivity contribution in [3.8, 4) is 11.4 Å². The molecule has 2 heterocycles. The van der Waals surface area contributed by atoms with Gasteiger partial charge in [0.2, 0.25) is 5.91 Å². The molecule has 0 fully saturated rings. The minimum absolute atomic E-state index is 0.159. The molecule has 2 aromatic carbocycles. The standard InChI is InChI=1S/C21H17FN4O2S/c22-14-4-1-3-13(11-14)20-25-16-7-6-15(12-17(16)26-20)24-19(27)8-9-23-21(28)18-5-2-10-29-18/h1-7,10-12H,8-9H2,(H,23,28)(H,24,27)(H,25,26). The van der Waals surface area contributed by atoms with Gasteiger partial charge in [-0.25, -0.2) is 9.37 Å². The summed E-state index contributed by atoms with van der Waals surface area (Å²) in [6.07, 6.45) is 0.159. The predicted octanol–water partition coefficient (Wildman–Crippen LogP) is 4.19. The molecule has 6 nitrogen and oxygen atoms in total. The Kier molecular flexibility index (Phi) is 5.35. The minimum atomic E-state index is -0.331. The van der Waals surface area contributed by atoms with E-state index >= 15 is 0 Å². The van der Waals surface area contributed by atoms with Crippen LogP contribution in [0.25, 0.3) is 22.4 Å². The zero-order chi connectivity index (χ0) is 20.2.